The summed E-state index contributed by atoms with van der Waals surface area (Å²) in [5, 5.41) is 5.02. The standard InChI is InChI=1S/C24H14Cl4F4N2O2/c25-13-8-11(7-12(9-13)24(30,31)32)19-20(23(19,27)28)22(36)34-16-5-6-18(26)17(10-16)21(35)33-15-3-1-14(29)2-4-15/h1-10,19-20H,(H,33,35)(H,34,36)/t19-,20+/m1/s1. The number of anilines is 2. The predicted molar refractivity (Wildman–Crippen MR) is 132 cm³/mol. The molecule has 1 fully saturated rings. The second-order valence-corrected chi connectivity index (χ2v) is 10.3. The molecule has 3 aromatic rings. The molecule has 0 heterocycles. The number of nitrogens with one attached hydrogen (secondary N) is 2. The van der Waals surface area contributed by atoms with E-state index in [0.29, 0.717) is 5.69 Å². The summed E-state index contributed by atoms with van der Waals surface area (Å²) in [6.07, 6.45) is -4.65. The fraction of sp³-hybridized carbons (Fsp3) is 0.167. The molecule has 1 aliphatic carbocycles. The van der Waals surface area contributed by atoms with Crippen molar-refractivity contribution in [2.45, 2.75) is 16.4 Å². The summed E-state index contributed by atoms with van der Waals surface area (Å²) in [7, 11) is 0. The Labute approximate surface area is 222 Å². The molecule has 1 saturated carbocycles. The van der Waals surface area contributed by atoms with Gasteiger partial charge in [0.25, 0.3) is 5.91 Å². The summed E-state index contributed by atoms with van der Waals surface area (Å²) in [4.78, 5) is 25.6. The third-order valence-corrected chi connectivity index (χ3v) is 7.01. The van der Waals surface area contributed by atoms with Crippen LogP contribution in [0.3, 0.4) is 0 Å². The largest absolute Gasteiger partial charge is 0.416 e. The van der Waals surface area contributed by atoms with Crippen molar-refractivity contribution in [1.82, 2.24) is 0 Å². The van der Waals surface area contributed by atoms with Crippen molar-refractivity contribution in [2.24, 2.45) is 5.92 Å². The number of amides is 2. The van der Waals surface area contributed by atoms with Crippen LogP contribution in [-0.4, -0.2) is 16.1 Å². The van der Waals surface area contributed by atoms with Gasteiger partial charge in [0.15, 0.2) is 0 Å². The van der Waals surface area contributed by atoms with Gasteiger partial charge in [0.2, 0.25) is 5.91 Å². The lowest BCUT2D eigenvalue weighted by molar-refractivity contribution is -0.137. The molecular weight excluding hydrogens is 566 g/mol. The van der Waals surface area contributed by atoms with Gasteiger partial charge in [0.1, 0.15) is 10.2 Å². The Morgan fingerprint density at radius 2 is 1.50 bits per heavy atom. The van der Waals surface area contributed by atoms with E-state index in [0.717, 1.165) is 12.1 Å². The van der Waals surface area contributed by atoms with Gasteiger partial charge in [-0.25, -0.2) is 4.39 Å². The highest BCUT2D eigenvalue weighted by Gasteiger charge is 2.67. The van der Waals surface area contributed by atoms with Gasteiger partial charge in [-0.1, -0.05) is 23.2 Å². The molecule has 0 aromatic heterocycles. The van der Waals surface area contributed by atoms with E-state index in [1.165, 1.54) is 48.5 Å². The third-order valence-electron chi connectivity index (χ3n) is 5.52. The summed E-state index contributed by atoms with van der Waals surface area (Å²) in [6, 6.07) is 12.1. The SMILES string of the molecule is O=C(Nc1ccc(F)cc1)c1cc(NC(=O)[C@@H]2[C@@H](c3cc(Cl)cc(C(F)(F)F)c3)C2(Cl)Cl)ccc1Cl. The summed E-state index contributed by atoms with van der Waals surface area (Å²) in [6.45, 7) is 0. The first-order valence-electron chi connectivity index (χ1n) is 10.2. The molecule has 4 rings (SSSR count). The zero-order chi connectivity index (χ0) is 26.4. The molecule has 0 spiro atoms. The maximum atomic E-state index is 13.2. The van der Waals surface area contributed by atoms with Crippen molar-refractivity contribution >= 4 is 69.6 Å². The molecule has 0 bridgehead atoms. The zero-order valence-electron chi connectivity index (χ0n) is 17.8. The number of rotatable bonds is 5. The molecule has 0 saturated heterocycles. The van der Waals surface area contributed by atoms with Crippen LogP contribution in [0.4, 0.5) is 28.9 Å². The molecule has 0 radical (unpaired) electrons. The van der Waals surface area contributed by atoms with Gasteiger partial charge in [-0.2, -0.15) is 13.2 Å². The Bertz CT molecular complexity index is 1350. The highest BCUT2D eigenvalue weighted by Crippen LogP contribution is 2.65. The van der Waals surface area contributed by atoms with E-state index in [1.54, 1.807) is 0 Å². The minimum atomic E-state index is -4.65. The van der Waals surface area contributed by atoms with Crippen LogP contribution in [-0.2, 0) is 11.0 Å². The first-order valence-corrected chi connectivity index (χ1v) is 11.7. The number of carbonyl (C=O) groups is 2. The summed E-state index contributed by atoms with van der Waals surface area (Å²) in [5.41, 5.74) is -0.420. The lowest BCUT2D eigenvalue weighted by Gasteiger charge is -2.11. The van der Waals surface area contributed by atoms with E-state index in [4.69, 9.17) is 46.4 Å². The number of benzene rings is 3. The monoisotopic (exact) mass is 578 g/mol. The van der Waals surface area contributed by atoms with Crippen LogP contribution in [0.2, 0.25) is 10.0 Å². The maximum Gasteiger partial charge on any atom is 0.416 e. The number of alkyl halides is 5. The summed E-state index contributed by atoms with van der Waals surface area (Å²) >= 11 is 24.5. The quantitative estimate of drug-likeness (QED) is 0.238. The van der Waals surface area contributed by atoms with E-state index in [2.05, 4.69) is 10.6 Å². The van der Waals surface area contributed by atoms with Gasteiger partial charge < -0.3 is 10.6 Å². The molecule has 2 N–H and O–H groups in total. The van der Waals surface area contributed by atoms with Crippen molar-refractivity contribution < 1.29 is 27.2 Å². The van der Waals surface area contributed by atoms with Gasteiger partial charge in [-0.3, -0.25) is 9.59 Å². The fourth-order valence-corrected chi connectivity index (χ4v) is 5.03. The number of hydrogen-bond acceptors (Lipinski definition) is 2. The van der Waals surface area contributed by atoms with Crippen molar-refractivity contribution in [1.29, 1.82) is 0 Å². The first kappa shape index (κ1) is 26.5. The summed E-state index contributed by atoms with van der Waals surface area (Å²) in [5.74, 6) is -3.81. The molecule has 4 nitrogen and oxygen atoms in total. The van der Waals surface area contributed by atoms with Crippen LogP contribution in [0.1, 0.15) is 27.4 Å². The number of carbonyl (C=O) groups excluding carboxylic acids is 2. The van der Waals surface area contributed by atoms with Crippen LogP contribution < -0.4 is 10.6 Å². The predicted octanol–water partition coefficient (Wildman–Crippen LogP) is 7.93. The van der Waals surface area contributed by atoms with E-state index in [1.807, 2.05) is 0 Å². The Morgan fingerprint density at radius 1 is 0.861 bits per heavy atom. The maximum absolute atomic E-state index is 13.2. The van der Waals surface area contributed by atoms with Crippen molar-refractivity contribution in [3.8, 4) is 0 Å². The summed E-state index contributed by atoms with van der Waals surface area (Å²) < 4.78 is 51.0. The van der Waals surface area contributed by atoms with Gasteiger partial charge in [0.05, 0.1) is 22.1 Å². The van der Waals surface area contributed by atoms with E-state index in [9.17, 15) is 27.2 Å². The van der Waals surface area contributed by atoms with Gasteiger partial charge in [-0.05, 0) is 66.2 Å². The Hall–Kier alpha value is -2.52. The molecule has 0 unspecified atom stereocenters. The average Bonchev–Trinajstić information content (AvgIpc) is 3.37. The van der Waals surface area contributed by atoms with Gasteiger partial charge in [-0.15, -0.1) is 23.2 Å². The molecule has 2 amide bonds. The van der Waals surface area contributed by atoms with Crippen LogP contribution in [0.15, 0.2) is 60.7 Å². The normalized spacial score (nSPS) is 18.4. The lowest BCUT2D eigenvalue weighted by Crippen LogP contribution is -2.18. The van der Waals surface area contributed by atoms with E-state index in [-0.39, 0.29) is 26.9 Å². The Balaban J connectivity index is 1.52. The van der Waals surface area contributed by atoms with Crippen LogP contribution in [0.25, 0.3) is 0 Å². The molecule has 36 heavy (non-hydrogen) atoms. The Morgan fingerprint density at radius 3 is 2.14 bits per heavy atom. The van der Waals surface area contributed by atoms with Crippen molar-refractivity contribution in [2.75, 3.05) is 10.6 Å². The molecule has 1 aliphatic rings. The molecule has 188 valence electrons. The number of halogens is 8. The minimum absolute atomic E-state index is 0.0128. The van der Waals surface area contributed by atoms with E-state index < -0.39 is 45.5 Å². The fourth-order valence-electron chi connectivity index (χ4n) is 3.75. The van der Waals surface area contributed by atoms with Crippen molar-refractivity contribution in [3.05, 3.63) is 93.2 Å². The third kappa shape index (κ3) is 5.57. The Kier molecular flexibility index (Phi) is 7.18. The molecule has 0 aliphatic heterocycles. The topological polar surface area (TPSA) is 58.2 Å². The molecule has 3 aromatic carbocycles. The molecule has 12 heteroatoms. The highest BCUT2D eigenvalue weighted by atomic mass is 35.5. The first-order chi connectivity index (χ1) is 16.8. The van der Waals surface area contributed by atoms with Crippen LogP contribution in [0, 0.1) is 11.7 Å². The van der Waals surface area contributed by atoms with Gasteiger partial charge >= 0.3 is 6.18 Å². The smallest absolute Gasteiger partial charge is 0.326 e. The second-order valence-electron chi connectivity index (χ2n) is 8.05. The lowest BCUT2D eigenvalue weighted by atomic mass is 10.0. The van der Waals surface area contributed by atoms with Crippen LogP contribution in [0.5, 0.6) is 0 Å². The van der Waals surface area contributed by atoms with Crippen LogP contribution >= 0.6 is 46.4 Å². The second kappa shape index (κ2) is 9.74. The zero-order valence-corrected chi connectivity index (χ0v) is 20.8. The van der Waals surface area contributed by atoms with Gasteiger partial charge in [0, 0.05) is 22.3 Å². The minimum Gasteiger partial charge on any atom is -0.326 e. The molecule has 2 atom stereocenters. The van der Waals surface area contributed by atoms with E-state index >= 15 is 0 Å². The molecular formula is C24H14Cl4F4N2O2. The number of hydrogen-bond donors (Lipinski definition) is 2. The average molecular weight is 580 g/mol. The highest BCUT2D eigenvalue weighted by molar-refractivity contribution is 6.53. The van der Waals surface area contributed by atoms with Crippen molar-refractivity contribution in [3.63, 3.8) is 0 Å².